The molecule has 1 nitrogen and oxygen atoms in total. The van der Waals surface area contributed by atoms with Crippen molar-refractivity contribution in [1.29, 1.82) is 0 Å². The molecule has 0 amide bonds. The average molecular weight is 219 g/mol. The SMILES string of the molecule is Cc1c(Cl)ccc(C(C)(C)O)c1Cl. The maximum atomic E-state index is 9.76. The van der Waals surface area contributed by atoms with Crippen molar-refractivity contribution in [3.05, 3.63) is 33.3 Å². The highest BCUT2D eigenvalue weighted by Gasteiger charge is 2.20. The molecule has 0 radical (unpaired) electrons. The number of hydrogen-bond acceptors (Lipinski definition) is 1. The molecular formula is C10H12Cl2O. The molecule has 0 bridgehead atoms. The number of halogens is 2. The van der Waals surface area contributed by atoms with Crippen molar-refractivity contribution in [2.75, 3.05) is 0 Å². The van der Waals surface area contributed by atoms with Gasteiger partial charge in [-0.1, -0.05) is 29.3 Å². The zero-order chi connectivity index (χ0) is 10.2. The molecule has 1 rings (SSSR count). The van der Waals surface area contributed by atoms with Crippen LogP contribution in [0.5, 0.6) is 0 Å². The van der Waals surface area contributed by atoms with Gasteiger partial charge in [-0.15, -0.1) is 0 Å². The lowest BCUT2D eigenvalue weighted by Gasteiger charge is -2.20. The Morgan fingerprint density at radius 1 is 1.23 bits per heavy atom. The van der Waals surface area contributed by atoms with Crippen molar-refractivity contribution in [2.24, 2.45) is 0 Å². The van der Waals surface area contributed by atoms with E-state index in [0.717, 1.165) is 5.56 Å². The minimum Gasteiger partial charge on any atom is -0.386 e. The minimum atomic E-state index is -0.924. The molecule has 0 fully saturated rings. The van der Waals surface area contributed by atoms with Crippen LogP contribution in [0.1, 0.15) is 25.0 Å². The lowest BCUT2D eigenvalue weighted by molar-refractivity contribution is 0.0786. The fourth-order valence-corrected chi connectivity index (χ4v) is 1.74. The van der Waals surface area contributed by atoms with E-state index < -0.39 is 5.60 Å². The Labute approximate surface area is 88.3 Å². The monoisotopic (exact) mass is 218 g/mol. The van der Waals surface area contributed by atoms with Crippen LogP contribution in [-0.2, 0) is 5.60 Å². The van der Waals surface area contributed by atoms with Gasteiger partial charge in [0.05, 0.1) is 10.6 Å². The highest BCUT2D eigenvalue weighted by Crippen LogP contribution is 2.33. The number of rotatable bonds is 1. The fraction of sp³-hybridized carbons (Fsp3) is 0.400. The minimum absolute atomic E-state index is 0.542. The lowest BCUT2D eigenvalue weighted by atomic mass is 9.97. The van der Waals surface area contributed by atoms with Gasteiger partial charge < -0.3 is 5.11 Å². The molecule has 0 unspecified atom stereocenters. The Hall–Kier alpha value is -0.240. The van der Waals surface area contributed by atoms with Crippen LogP contribution in [0, 0.1) is 6.92 Å². The fourth-order valence-electron chi connectivity index (χ4n) is 1.13. The van der Waals surface area contributed by atoms with Crippen LogP contribution in [0.25, 0.3) is 0 Å². The zero-order valence-corrected chi connectivity index (χ0v) is 9.37. The summed E-state index contributed by atoms with van der Waals surface area (Å²) in [7, 11) is 0. The Kier molecular flexibility index (Phi) is 2.91. The summed E-state index contributed by atoms with van der Waals surface area (Å²) < 4.78 is 0. The van der Waals surface area contributed by atoms with Gasteiger partial charge in [-0.05, 0) is 32.4 Å². The van der Waals surface area contributed by atoms with Gasteiger partial charge in [0.2, 0.25) is 0 Å². The van der Waals surface area contributed by atoms with Crippen molar-refractivity contribution < 1.29 is 5.11 Å². The first-order chi connectivity index (χ1) is 5.84. The van der Waals surface area contributed by atoms with E-state index in [9.17, 15) is 5.11 Å². The average Bonchev–Trinajstić information content (AvgIpc) is 1.98. The summed E-state index contributed by atoms with van der Waals surface area (Å²) >= 11 is 11.9. The summed E-state index contributed by atoms with van der Waals surface area (Å²) in [4.78, 5) is 0. The maximum Gasteiger partial charge on any atom is 0.0855 e. The molecule has 1 aromatic carbocycles. The van der Waals surface area contributed by atoms with Gasteiger partial charge in [0.1, 0.15) is 0 Å². The molecular weight excluding hydrogens is 207 g/mol. The van der Waals surface area contributed by atoms with Crippen LogP contribution in [-0.4, -0.2) is 5.11 Å². The smallest absolute Gasteiger partial charge is 0.0855 e. The van der Waals surface area contributed by atoms with Crippen LogP contribution in [0.2, 0.25) is 10.0 Å². The molecule has 72 valence electrons. The molecule has 13 heavy (non-hydrogen) atoms. The molecule has 0 aliphatic carbocycles. The van der Waals surface area contributed by atoms with E-state index in [4.69, 9.17) is 23.2 Å². The van der Waals surface area contributed by atoms with Gasteiger partial charge >= 0.3 is 0 Å². The van der Waals surface area contributed by atoms with Gasteiger partial charge in [-0.3, -0.25) is 0 Å². The van der Waals surface area contributed by atoms with E-state index in [1.807, 2.05) is 6.92 Å². The van der Waals surface area contributed by atoms with Crippen LogP contribution in [0.15, 0.2) is 12.1 Å². The number of hydrogen-bond donors (Lipinski definition) is 1. The number of aliphatic hydroxyl groups is 1. The molecule has 0 saturated carbocycles. The largest absolute Gasteiger partial charge is 0.386 e. The molecule has 0 atom stereocenters. The highest BCUT2D eigenvalue weighted by molar-refractivity contribution is 6.36. The second-order valence-corrected chi connectivity index (χ2v) is 4.38. The molecule has 0 saturated heterocycles. The summed E-state index contributed by atoms with van der Waals surface area (Å²) in [6.45, 7) is 5.23. The first kappa shape index (κ1) is 10.8. The lowest BCUT2D eigenvalue weighted by Crippen LogP contribution is -2.16. The standard InChI is InChI=1S/C10H12Cl2O/c1-6-8(11)5-4-7(9(6)12)10(2,3)13/h4-5,13H,1-3H3. The van der Waals surface area contributed by atoms with E-state index >= 15 is 0 Å². The second-order valence-electron chi connectivity index (χ2n) is 3.59. The van der Waals surface area contributed by atoms with Crippen LogP contribution in [0.3, 0.4) is 0 Å². The summed E-state index contributed by atoms with van der Waals surface area (Å²) in [5.41, 5.74) is 0.589. The summed E-state index contributed by atoms with van der Waals surface area (Å²) in [5.74, 6) is 0. The molecule has 1 N–H and O–H groups in total. The van der Waals surface area contributed by atoms with Crippen LogP contribution in [0.4, 0.5) is 0 Å². The van der Waals surface area contributed by atoms with Gasteiger partial charge in [0.25, 0.3) is 0 Å². The first-order valence-corrected chi connectivity index (χ1v) is 4.77. The van der Waals surface area contributed by atoms with Crippen LogP contribution < -0.4 is 0 Å². The van der Waals surface area contributed by atoms with Crippen molar-refractivity contribution in [2.45, 2.75) is 26.4 Å². The van der Waals surface area contributed by atoms with Crippen molar-refractivity contribution >= 4 is 23.2 Å². The van der Waals surface area contributed by atoms with Gasteiger partial charge in [-0.25, -0.2) is 0 Å². The molecule has 0 aromatic heterocycles. The maximum absolute atomic E-state index is 9.76. The van der Waals surface area contributed by atoms with Gasteiger partial charge in [0.15, 0.2) is 0 Å². The van der Waals surface area contributed by atoms with E-state index in [-0.39, 0.29) is 0 Å². The summed E-state index contributed by atoms with van der Waals surface area (Å²) in [6, 6.07) is 3.49. The summed E-state index contributed by atoms with van der Waals surface area (Å²) in [5, 5.41) is 10.9. The second kappa shape index (κ2) is 3.49. The Bertz CT molecular complexity index is 326. The van der Waals surface area contributed by atoms with Crippen LogP contribution >= 0.6 is 23.2 Å². The first-order valence-electron chi connectivity index (χ1n) is 4.01. The Morgan fingerprint density at radius 3 is 2.23 bits per heavy atom. The third-order valence-corrected chi connectivity index (χ3v) is 2.88. The predicted molar refractivity (Wildman–Crippen MR) is 56.4 cm³/mol. The van der Waals surface area contributed by atoms with Crippen molar-refractivity contribution in [1.82, 2.24) is 0 Å². The predicted octanol–water partition coefficient (Wildman–Crippen LogP) is 3.53. The molecule has 0 spiro atoms. The van der Waals surface area contributed by atoms with Crippen molar-refractivity contribution in [3.63, 3.8) is 0 Å². The van der Waals surface area contributed by atoms with Gasteiger partial charge in [0, 0.05) is 10.6 Å². The topological polar surface area (TPSA) is 20.2 Å². The highest BCUT2D eigenvalue weighted by atomic mass is 35.5. The van der Waals surface area contributed by atoms with Crippen molar-refractivity contribution in [3.8, 4) is 0 Å². The third-order valence-electron chi connectivity index (χ3n) is 1.98. The molecule has 3 heteroatoms. The van der Waals surface area contributed by atoms with E-state index in [2.05, 4.69) is 0 Å². The Morgan fingerprint density at radius 2 is 1.77 bits per heavy atom. The normalized spacial score (nSPS) is 11.8. The number of benzene rings is 1. The van der Waals surface area contributed by atoms with E-state index in [0.29, 0.717) is 15.6 Å². The quantitative estimate of drug-likeness (QED) is 0.765. The molecule has 0 aliphatic rings. The molecule has 0 heterocycles. The molecule has 0 aliphatic heterocycles. The van der Waals surface area contributed by atoms with Gasteiger partial charge in [-0.2, -0.15) is 0 Å². The van der Waals surface area contributed by atoms with E-state index in [1.165, 1.54) is 0 Å². The zero-order valence-electron chi connectivity index (χ0n) is 7.86. The third kappa shape index (κ3) is 2.16. The molecule has 1 aromatic rings. The van der Waals surface area contributed by atoms with E-state index in [1.54, 1.807) is 26.0 Å². The summed E-state index contributed by atoms with van der Waals surface area (Å²) in [6.07, 6.45) is 0. The Balaban J connectivity index is 3.35.